The molecule has 1 saturated carbocycles. The molecule has 19 heavy (non-hydrogen) atoms. The monoisotopic (exact) mass is 267 g/mol. The van der Waals surface area contributed by atoms with Gasteiger partial charge in [-0.05, 0) is 49.3 Å². The molecule has 0 radical (unpaired) electrons. The van der Waals surface area contributed by atoms with Gasteiger partial charge in [-0.25, -0.2) is 0 Å². The van der Waals surface area contributed by atoms with Gasteiger partial charge in [-0.2, -0.15) is 18.4 Å². The van der Waals surface area contributed by atoms with E-state index >= 15 is 0 Å². The van der Waals surface area contributed by atoms with Crippen LogP contribution in [0, 0.1) is 22.7 Å². The van der Waals surface area contributed by atoms with Crippen molar-refractivity contribution in [2.24, 2.45) is 11.3 Å². The van der Waals surface area contributed by atoms with E-state index in [9.17, 15) is 18.4 Å². The number of alkyl halides is 3. The fraction of sp³-hybridized carbons (Fsp3) is 0.533. The predicted molar refractivity (Wildman–Crippen MR) is 66.2 cm³/mol. The predicted octanol–water partition coefficient (Wildman–Crippen LogP) is 4.58. The number of hydrogen-bond acceptors (Lipinski definition) is 1. The molecule has 0 N–H and O–H groups in total. The van der Waals surface area contributed by atoms with Gasteiger partial charge in [0.25, 0.3) is 0 Å². The Bertz CT molecular complexity index is 484. The maximum absolute atomic E-state index is 12.5. The summed E-state index contributed by atoms with van der Waals surface area (Å²) in [6, 6.07) is 7.55. The number of benzene rings is 1. The lowest BCUT2D eigenvalue weighted by atomic mass is 9.81. The van der Waals surface area contributed by atoms with E-state index in [0.29, 0.717) is 12.3 Å². The summed E-state index contributed by atoms with van der Waals surface area (Å²) < 4.78 is 37.4. The Balaban J connectivity index is 2.14. The molecule has 0 heterocycles. The summed E-state index contributed by atoms with van der Waals surface area (Å²) in [5.74, 6) is 0.522. The zero-order valence-corrected chi connectivity index (χ0v) is 10.8. The molecular weight excluding hydrogens is 251 g/mol. The zero-order valence-electron chi connectivity index (χ0n) is 10.8. The van der Waals surface area contributed by atoms with Crippen LogP contribution in [0.5, 0.6) is 0 Å². The third kappa shape index (κ3) is 3.09. The summed E-state index contributed by atoms with van der Waals surface area (Å²) >= 11 is 0. The van der Waals surface area contributed by atoms with Crippen LogP contribution in [0.4, 0.5) is 13.2 Å². The van der Waals surface area contributed by atoms with Crippen molar-refractivity contribution >= 4 is 0 Å². The third-order valence-corrected chi connectivity index (χ3v) is 3.92. The quantitative estimate of drug-likeness (QED) is 0.769. The molecule has 0 spiro atoms. The van der Waals surface area contributed by atoms with E-state index in [0.717, 1.165) is 37.0 Å². The van der Waals surface area contributed by atoms with Crippen molar-refractivity contribution in [1.82, 2.24) is 0 Å². The largest absolute Gasteiger partial charge is 0.416 e. The van der Waals surface area contributed by atoms with Gasteiger partial charge in [0.15, 0.2) is 0 Å². The molecule has 4 heteroatoms. The normalized spacial score (nSPS) is 27.2. The standard InChI is InChI=1S/C15H16F3N/c1-11-6-7-14(8-11,10-19)9-12-2-4-13(5-3-12)15(16,17)18/h2-5,11H,6-9H2,1H3. The van der Waals surface area contributed by atoms with Crippen molar-refractivity contribution < 1.29 is 13.2 Å². The highest BCUT2D eigenvalue weighted by molar-refractivity contribution is 5.27. The zero-order chi connectivity index (χ0) is 14.1. The van der Waals surface area contributed by atoms with Crippen LogP contribution in [0.25, 0.3) is 0 Å². The highest BCUT2D eigenvalue weighted by Crippen LogP contribution is 2.43. The van der Waals surface area contributed by atoms with Crippen LogP contribution in [0.3, 0.4) is 0 Å². The SMILES string of the molecule is CC1CCC(C#N)(Cc2ccc(C(F)(F)F)cc2)C1. The minimum atomic E-state index is -4.30. The van der Waals surface area contributed by atoms with E-state index < -0.39 is 11.7 Å². The Kier molecular flexibility index (Phi) is 3.58. The highest BCUT2D eigenvalue weighted by atomic mass is 19.4. The molecule has 1 aliphatic rings. The number of halogens is 3. The van der Waals surface area contributed by atoms with Crippen molar-refractivity contribution in [2.45, 2.75) is 38.8 Å². The minimum absolute atomic E-state index is 0.390. The van der Waals surface area contributed by atoms with Gasteiger partial charge in [0.05, 0.1) is 17.0 Å². The maximum Gasteiger partial charge on any atom is 0.416 e. The molecule has 0 saturated heterocycles. The topological polar surface area (TPSA) is 23.8 Å². The van der Waals surface area contributed by atoms with Gasteiger partial charge in [0.1, 0.15) is 0 Å². The average molecular weight is 267 g/mol. The molecule has 0 aliphatic heterocycles. The Labute approximate surface area is 111 Å². The average Bonchev–Trinajstić information content (AvgIpc) is 2.71. The second-order valence-corrected chi connectivity index (χ2v) is 5.61. The summed E-state index contributed by atoms with van der Waals surface area (Å²) in [7, 11) is 0. The first-order valence-electron chi connectivity index (χ1n) is 6.42. The van der Waals surface area contributed by atoms with E-state index in [-0.39, 0.29) is 5.41 Å². The third-order valence-electron chi connectivity index (χ3n) is 3.92. The Morgan fingerprint density at radius 2 is 1.95 bits per heavy atom. The smallest absolute Gasteiger partial charge is 0.198 e. The molecule has 2 rings (SSSR count). The number of rotatable bonds is 2. The molecular formula is C15H16F3N. The Morgan fingerprint density at radius 1 is 1.32 bits per heavy atom. The van der Waals surface area contributed by atoms with Crippen LogP contribution in [-0.2, 0) is 12.6 Å². The summed E-state index contributed by atoms with van der Waals surface area (Å²) in [5.41, 5.74) is -0.218. The van der Waals surface area contributed by atoms with E-state index in [1.807, 2.05) is 0 Å². The van der Waals surface area contributed by atoms with E-state index in [4.69, 9.17) is 0 Å². The summed E-state index contributed by atoms with van der Waals surface area (Å²) in [6.45, 7) is 2.12. The van der Waals surface area contributed by atoms with Crippen LogP contribution < -0.4 is 0 Å². The number of nitriles is 1. The number of nitrogens with zero attached hydrogens (tertiary/aromatic N) is 1. The lowest BCUT2D eigenvalue weighted by Gasteiger charge is -2.20. The van der Waals surface area contributed by atoms with Gasteiger partial charge in [0, 0.05) is 0 Å². The second-order valence-electron chi connectivity index (χ2n) is 5.61. The van der Waals surface area contributed by atoms with Gasteiger partial charge >= 0.3 is 6.18 Å². The van der Waals surface area contributed by atoms with E-state index in [2.05, 4.69) is 13.0 Å². The van der Waals surface area contributed by atoms with Crippen molar-refractivity contribution in [3.63, 3.8) is 0 Å². The van der Waals surface area contributed by atoms with Gasteiger partial charge in [0.2, 0.25) is 0 Å². The second kappa shape index (κ2) is 4.88. The molecule has 0 aromatic heterocycles. The molecule has 1 aromatic rings. The first-order chi connectivity index (χ1) is 8.85. The fourth-order valence-electron chi connectivity index (χ4n) is 2.90. The van der Waals surface area contributed by atoms with Crippen LogP contribution in [0.1, 0.15) is 37.3 Å². The first kappa shape index (κ1) is 13.9. The molecule has 2 atom stereocenters. The maximum atomic E-state index is 12.5. The molecule has 1 fully saturated rings. The van der Waals surface area contributed by atoms with Crippen molar-refractivity contribution in [3.05, 3.63) is 35.4 Å². The fourth-order valence-corrected chi connectivity index (χ4v) is 2.90. The molecule has 2 unspecified atom stereocenters. The van der Waals surface area contributed by atoms with Gasteiger partial charge in [-0.1, -0.05) is 19.1 Å². The van der Waals surface area contributed by atoms with Gasteiger partial charge < -0.3 is 0 Å². The van der Waals surface area contributed by atoms with Crippen LogP contribution >= 0.6 is 0 Å². The lowest BCUT2D eigenvalue weighted by Crippen LogP contribution is -2.18. The minimum Gasteiger partial charge on any atom is -0.198 e. The van der Waals surface area contributed by atoms with Crippen LogP contribution in [0.15, 0.2) is 24.3 Å². The first-order valence-corrected chi connectivity index (χ1v) is 6.42. The summed E-state index contributed by atoms with van der Waals surface area (Å²) in [5, 5.41) is 9.35. The van der Waals surface area contributed by atoms with Gasteiger partial charge in [-0.15, -0.1) is 0 Å². The summed E-state index contributed by atoms with van der Waals surface area (Å²) in [6.07, 6.45) is -1.05. The van der Waals surface area contributed by atoms with Crippen molar-refractivity contribution in [3.8, 4) is 6.07 Å². The summed E-state index contributed by atoms with van der Waals surface area (Å²) in [4.78, 5) is 0. The van der Waals surface area contributed by atoms with Crippen LogP contribution in [-0.4, -0.2) is 0 Å². The molecule has 0 bridgehead atoms. The Hall–Kier alpha value is -1.50. The van der Waals surface area contributed by atoms with Crippen LogP contribution in [0.2, 0.25) is 0 Å². The Morgan fingerprint density at radius 3 is 2.37 bits per heavy atom. The van der Waals surface area contributed by atoms with E-state index in [1.165, 1.54) is 12.1 Å². The molecule has 0 amide bonds. The van der Waals surface area contributed by atoms with Crippen molar-refractivity contribution in [2.75, 3.05) is 0 Å². The lowest BCUT2D eigenvalue weighted by molar-refractivity contribution is -0.137. The van der Waals surface area contributed by atoms with Gasteiger partial charge in [-0.3, -0.25) is 0 Å². The molecule has 102 valence electrons. The van der Waals surface area contributed by atoms with E-state index in [1.54, 1.807) is 0 Å². The van der Waals surface area contributed by atoms with Crippen molar-refractivity contribution in [1.29, 1.82) is 5.26 Å². The molecule has 1 nitrogen and oxygen atoms in total. The highest BCUT2D eigenvalue weighted by Gasteiger charge is 2.38. The number of hydrogen-bond donors (Lipinski definition) is 0. The molecule has 1 aliphatic carbocycles. The molecule has 1 aromatic carbocycles.